The Labute approximate surface area is 148 Å². The van der Waals surface area contributed by atoms with Crippen LogP contribution in [0.4, 0.5) is 5.69 Å². The number of benzene rings is 2. The minimum Gasteiger partial charge on any atom is -0.370 e. The molecule has 2 aromatic carbocycles. The maximum absolute atomic E-state index is 12.9. The molecule has 0 fully saturated rings. The van der Waals surface area contributed by atoms with Crippen LogP contribution in [-0.2, 0) is 17.9 Å². The molecule has 1 heterocycles. The molecular weight excluding hydrogens is 336 g/mol. The van der Waals surface area contributed by atoms with E-state index in [1.165, 1.54) is 12.1 Å². The maximum atomic E-state index is 12.9. The second-order valence-electron chi connectivity index (χ2n) is 6.00. The topological polar surface area (TPSA) is 113 Å². The van der Waals surface area contributed by atoms with Gasteiger partial charge in [-0.3, -0.25) is 24.4 Å². The summed E-state index contributed by atoms with van der Waals surface area (Å²) < 4.78 is 3.31. The second-order valence-corrected chi connectivity index (χ2v) is 6.00. The zero-order valence-corrected chi connectivity index (χ0v) is 14.0. The number of primary amides is 1. The fraction of sp³-hybridized carbons (Fsp3) is 0.222. The number of carbonyl (C=O) groups excluding carboxylic acids is 1. The smallest absolute Gasteiger partial charge is 0.275 e. The first-order valence-corrected chi connectivity index (χ1v) is 8.17. The Bertz CT molecular complexity index is 1020. The number of nitrogens with zero attached hydrogens (tertiary/aromatic N) is 3. The molecule has 0 saturated heterocycles. The van der Waals surface area contributed by atoms with Crippen LogP contribution >= 0.6 is 0 Å². The second kappa shape index (κ2) is 7.22. The van der Waals surface area contributed by atoms with E-state index in [1.54, 1.807) is 15.4 Å². The Hall–Kier alpha value is -3.42. The number of fused-ring (bicyclic) bond motifs is 1. The first-order valence-electron chi connectivity index (χ1n) is 8.17. The van der Waals surface area contributed by atoms with Crippen molar-refractivity contribution in [3.05, 3.63) is 74.6 Å². The molecule has 134 valence electrons. The van der Waals surface area contributed by atoms with E-state index in [9.17, 15) is 19.7 Å². The van der Waals surface area contributed by atoms with Crippen LogP contribution in [0, 0.1) is 10.1 Å². The van der Waals surface area contributed by atoms with Crippen LogP contribution in [0.1, 0.15) is 18.4 Å². The average molecular weight is 354 g/mol. The lowest BCUT2D eigenvalue weighted by molar-refractivity contribution is -0.384. The molecule has 3 aromatic rings. The van der Waals surface area contributed by atoms with Crippen molar-refractivity contribution in [2.24, 2.45) is 5.73 Å². The average Bonchev–Trinajstić information content (AvgIpc) is 2.87. The Morgan fingerprint density at radius 3 is 2.50 bits per heavy atom. The number of rotatable bonds is 7. The van der Waals surface area contributed by atoms with Crippen LogP contribution in [0.25, 0.3) is 10.9 Å². The minimum atomic E-state index is -0.523. The van der Waals surface area contributed by atoms with Gasteiger partial charge in [0.1, 0.15) is 0 Å². The van der Waals surface area contributed by atoms with Gasteiger partial charge >= 0.3 is 0 Å². The Morgan fingerprint density at radius 2 is 1.85 bits per heavy atom. The number of hydrogen-bond donors (Lipinski definition) is 1. The molecule has 0 radical (unpaired) electrons. The number of amides is 1. The van der Waals surface area contributed by atoms with E-state index in [0.717, 1.165) is 5.56 Å². The quantitative estimate of drug-likeness (QED) is 0.516. The van der Waals surface area contributed by atoms with Crippen LogP contribution in [0.3, 0.4) is 0 Å². The number of aryl methyl sites for hydroxylation is 1. The summed E-state index contributed by atoms with van der Waals surface area (Å²) in [7, 11) is 0. The highest BCUT2D eigenvalue weighted by atomic mass is 16.6. The third-order valence-electron chi connectivity index (χ3n) is 4.19. The molecule has 3 rings (SSSR count). The van der Waals surface area contributed by atoms with Gasteiger partial charge in [-0.05, 0) is 18.1 Å². The van der Waals surface area contributed by atoms with Gasteiger partial charge in [0.15, 0.2) is 0 Å². The minimum absolute atomic E-state index is 0.129. The summed E-state index contributed by atoms with van der Waals surface area (Å²) >= 11 is 0. The van der Waals surface area contributed by atoms with E-state index in [2.05, 4.69) is 0 Å². The molecule has 1 amide bonds. The summed E-state index contributed by atoms with van der Waals surface area (Å²) in [4.78, 5) is 34.4. The van der Waals surface area contributed by atoms with E-state index in [1.807, 2.05) is 30.3 Å². The molecule has 1 aromatic heterocycles. The number of nitro groups is 1. The summed E-state index contributed by atoms with van der Waals surface area (Å²) in [6.45, 7) is 0.741. The first kappa shape index (κ1) is 17.4. The third kappa shape index (κ3) is 3.49. The molecule has 0 spiro atoms. The van der Waals surface area contributed by atoms with E-state index in [-0.39, 0.29) is 23.1 Å². The highest BCUT2D eigenvalue weighted by molar-refractivity contribution is 5.81. The Morgan fingerprint density at radius 1 is 1.12 bits per heavy atom. The summed E-state index contributed by atoms with van der Waals surface area (Å²) in [5.74, 6) is -0.408. The van der Waals surface area contributed by atoms with Gasteiger partial charge in [0.25, 0.3) is 11.2 Å². The van der Waals surface area contributed by atoms with E-state index >= 15 is 0 Å². The lowest BCUT2D eigenvalue weighted by Gasteiger charge is -2.12. The molecule has 0 bridgehead atoms. The van der Waals surface area contributed by atoms with E-state index < -0.39 is 10.8 Å². The predicted octanol–water partition coefficient (Wildman–Crippen LogP) is 2.02. The normalized spacial score (nSPS) is 10.9. The molecular formula is C18H18N4O4. The van der Waals surface area contributed by atoms with Crippen molar-refractivity contribution < 1.29 is 9.72 Å². The van der Waals surface area contributed by atoms with Crippen LogP contribution in [-0.4, -0.2) is 20.2 Å². The lowest BCUT2D eigenvalue weighted by Crippen LogP contribution is -2.24. The van der Waals surface area contributed by atoms with Crippen molar-refractivity contribution in [3.8, 4) is 0 Å². The fourth-order valence-electron chi connectivity index (χ4n) is 2.97. The largest absolute Gasteiger partial charge is 0.370 e. The van der Waals surface area contributed by atoms with Gasteiger partial charge in [0, 0.05) is 25.1 Å². The third-order valence-corrected chi connectivity index (χ3v) is 4.19. The lowest BCUT2D eigenvalue weighted by atomic mass is 10.2. The van der Waals surface area contributed by atoms with Gasteiger partial charge in [0.05, 0.1) is 22.4 Å². The number of non-ortho nitro benzene ring substituents is 1. The summed E-state index contributed by atoms with van der Waals surface area (Å²) in [6.07, 6.45) is 0.677. The van der Waals surface area contributed by atoms with Gasteiger partial charge in [0.2, 0.25) is 5.91 Å². The van der Waals surface area contributed by atoms with Crippen LogP contribution < -0.4 is 11.3 Å². The van der Waals surface area contributed by atoms with Gasteiger partial charge in [-0.15, -0.1) is 0 Å². The SMILES string of the molecule is NC(=O)CCCn1c2ccc([N+](=O)[O-])cc2c(=O)n1Cc1ccccc1. The Balaban J connectivity index is 2.09. The van der Waals surface area contributed by atoms with Crippen molar-refractivity contribution in [2.45, 2.75) is 25.9 Å². The molecule has 0 saturated carbocycles. The number of carbonyl (C=O) groups is 1. The fourth-order valence-corrected chi connectivity index (χ4v) is 2.97. The first-order chi connectivity index (χ1) is 12.5. The van der Waals surface area contributed by atoms with Crippen LogP contribution in [0.2, 0.25) is 0 Å². The highest BCUT2D eigenvalue weighted by Crippen LogP contribution is 2.20. The van der Waals surface area contributed by atoms with Crippen molar-refractivity contribution in [2.75, 3.05) is 0 Å². The molecule has 8 heteroatoms. The van der Waals surface area contributed by atoms with Crippen LogP contribution in [0.15, 0.2) is 53.3 Å². The summed E-state index contributed by atoms with van der Waals surface area (Å²) in [6, 6.07) is 13.7. The van der Waals surface area contributed by atoms with Crippen molar-refractivity contribution in [1.82, 2.24) is 9.36 Å². The molecule has 8 nitrogen and oxygen atoms in total. The monoisotopic (exact) mass is 354 g/mol. The van der Waals surface area contributed by atoms with Gasteiger partial charge in [-0.2, -0.15) is 0 Å². The van der Waals surface area contributed by atoms with Crippen LogP contribution in [0.5, 0.6) is 0 Å². The summed E-state index contributed by atoms with van der Waals surface area (Å²) in [5.41, 5.74) is 6.30. The maximum Gasteiger partial charge on any atom is 0.275 e. The van der Waals surface area contributed by atoms with Gasteiger partial charge < -0.3 is 5.73 Å². The molecule has 0 aliphatic heterocycles. The van der Waals surface area contributed by atoms with Gasteiger partial charge in [-0.1, -0.05) is 30.3 Å². The van der Waals surface area contributed by atoms with Gasteiger partial charge in [-0.25, -0.2) is 4.68 Å². The summed E-state index contributed by atoms with van der Waals surface area (Å²) in [5, 5.41) is 11.3. The number of hydrogen-bond acceptors (Lipinski definition) is 4. The standard InChI is InChI=1S/C18H18N4O4/c19-17(23)7-4-10-20-16-9-8-14(22(25)26)11-15(16)18(24)21(20)12-13-5-2-1-3-6-13/h1-3,5-6,8-9,11H,4,7,10,12H2,(H2,19,23). The van der Waals surface area contributed by atoms with E-state index in [0.29, 0.717) is 25.0 Å². The molecule has 26 heavy (non-hydrogen) atoms. The molecule has 0 unspecified atom stereocenters. The number of nitro benzene ring substituents is 1. The zero-order chi connectivity index (χ0) is 18.7. The molecule has 0 aliphatic carbocycles. The number of nitrogens with two attached hydrogens (primary N) is 1. The molecule has 0 aliphatic rings. The van der Waals surface area contributed by atoms with Crippen molar-refractivity contribution in [1.29, 1.82) is 0 Å². The van der Waals surface area contributed by atoms with Crippen molar-refractivity contribution >= 4 is 22.5 Å². The number of aromatic nitrogens is 2. The molecule has 0 atom stereocenters. The molecule has 2 N–H and O–H groups in total. The Kier molecular flexibility index (Phi) is 4.83. The highest BCUT2D eigenvalue weighted by Gasteiger charge is 2.17. The van der Waals surface area contributed by atoms with E-state index in [4.69, 9.17) is 5.73 Å². The predicted molar refractivity (Wildman–Crippen MR) is 96.8 cm³/mol. The zero-order valence-electron chi connectivity index (χ0n) is 14.0. The van der Waals surface area contributed by atoms with Crippen molar-refractivity contribution in [3.63, 3.8) is 0 Å².